The monoisotopic (exact) mass is 210 g/mol. The van der Waals surface area contributed by atoms with Crippen molar-refractivity contribution in [3.63, 3.8) is 0 Å². The van der Waals surface area contributed by atoms with Crippen molar-refractivity contribution in [1.29, 1.82) is 0 Å². The number of rotatable bonds is 4. The predicted octanol–water partition coefficient (Wildman–Crippen LogP) is 2.82. The molecule has 0 aliphatic heterocycles. The van der Waals surface area contributed by atoms with Crippen molar-refractivity contribution in [2.75, 3.05) is 0 Å². The van der Waals surface area contributed by atoms with E-state index in [9.17, 15) is 0 Å². The van der Waals surface area contributed by atoms with Crippen molar-refractivity contribution < 1.29 is 0 Å². The van der Waals surface area contributed by atoms with Crippen molar-refractivity contribution in [3.05, 3.63) is 21.9 Å². The van der Waals surface area contributed by atoms with Crippen LogP contribution in [0.2, 0.25) is 0 Å². The molecule has 0 aliphatic carbocycles. The molecule has 1 aromatic heterocycles. The van der Waals surface area contributed by atoms with Crippen LogP contribution in [0, 0.1) is 5.92 Å². The summed E-state index contributed by atoms with van der Waals surface area (Å²) in [6.45, 7) is 7.02. The van der Waals surface area contributed by atoms with Gasteiger partial charge in [-0.15, -0.1) is 11.3 Å². The molecule has 0 fully saturated rings. The standard InChI is InChI=1S/C11H18N2S/c1-4-9-5-6-10(14-9)7-13-11(12)8(2)3/h5-6,8H,4,7H2,1-3H3,(H2,12,13). The Kier molecular flexibility index (Phi) is 4.14. The van der Waals surface area contributed by atoms with Gasteiger partial charge in [0.15, 0.2) is 0 Å². The Hall–Kier alpha value is -0.830. The van der Waals surface area contributed by atoms with Crippen molar-refractivity contribution in [2.45, 2.75) is 33.7 Å². The number of thiophene rings is 1. The molecule has 0 unspecified atom stereocenters. The molecule has 0 aromatic carbocycles. The first-order valence-corrected chi connectivity index (χ1v) is 5.82. The maximum atomic E-state index is 5.76. The number of amidine groups is 1. The molecule has 0 saturated carbocycles. The summed E-state index contributed by atoms with van der Waals surface area (Å²) in [5.41, 5.74) is 5.76. The smallest absolute Gasteiger partial charge is 0.0967 e. The summed E-state index contributed by atoms with van der Waals surface area (Å²) in [7, 11) is 0. The number of nitrogens with zero attached hydrogens (tertiary/aromatic N) is 1. The largest absolute Gasteiger partial charge is 0.387 e. The first kappa shape index (κ1) is 11.2. The summed E-state index contributed by atoms with van der Waals surface area (Å²) in [4.78, 5) is 7.06. The average Bonchev–Trinajstić information content (AvgIpc) is 2.61. The zero-order chi connectivity index (χ0) is 10.6. The minimum absolute atomic E-state index is 0.348. The highest BCUT2D eigenvalue weighted by Crippen LogP contribution is 2.17. The number of hydrogen-bond donors (Lipinski definition) is 1. The maximum absolute atomic E-state index is 5.76. The van der Waals surface area contributed by atoms with Gasteiger partial charge in [-0.2, -0.15) is 0 Å². The van der Waals surface area contributed by atoms with E-state index in [2.05, 4.69) is 37.9 Å². The molecular weight excluding hydrogens is 192 g/mol. The number of aryl methyl sites for hydroxylation is 1. The molecule has 3 heteroatoms. The summed E-state index contributed by atoms with van der Waals surface area (Å²) in [5, 5.41) is 0. The van der Waals surface area contributed by atoms with E-state index in [1.807, 2.05) is 11.3 Å². The van der Waals surface area contributed by atoms with Gasteiger partial charge in [-0.1, -0.05) is 20.8 Å². The third kappa shape index (κ3) is 3.14. The van der Waals surface area contributed by atoms with Gasteiger partial charge in [-0.25, -0.2) is 0 Å². The third-order valence-electron chi connectivity index (χ3n) is 2.07. The van der Waals surface area contributed by atoms with E-state index in [4.69, 9.17) is 5.73 Å². The van der Waals surface area contributed by atoms with Crippen LogP contribution >= 0.6 is 11.3 Å². The zero-order valence-corrected chi connectivity index (χ0v) is 9.90. The van der Waals surface area contributed by atoms with E-state index in [-0.39, 0.29) is 0 Å². The summed E-state index contributed by atoms with van der Waals surface area (Å²) in [6.07, 6.45) is 1.11. The molecule has 78 valence electrons. The molecule has 0 saturated heterocycles. The van der Waals surface area contributed by atoms with Crippen molar-refractivity contribution in [2.24, 2.45) is 16.6 Å². The molecule has 0 amide bonds. The Balaban J connectivity index is 2.57. The van der Waals surface area contributed by atoms with Gasteiger partial charge in [0.1, 0.15) is 0 Å². The molecule has 0 bridgehead atoms. The first-order valence-electron chi connectivity index (χ1n) is 5.01. The van der Waals surface area contributed by atoms with Crippen LogP contribution in [0.4, 0.5) is 0 Å². The Morgan fingerprint density at radius 2 is 2.07 bits per heavy atom. The summed E-state index contributed by atoms with van der Waals surface area (Å²) in [6, 6.07) is 4.31. The van der Waals surface area contributed by atoms with Crippen molar-refractivity contribution >= 4 is 17.2 Å². The van der Waals surface area contributed by atoms with Crippen LogP contribution in [0.1, 0.15) is 30.5 Å². The number of nitrogens with two attached hydrogens (primary N) is 1. The van der Waals surface area contributed by atoms with Gasteiger partial charge in [-0.3, -0.25) is 4.99 Å². The molecule has 1 heterocycles. The highest BCUT2D eigenvalue weighted by atomic mass is 32.1. The van der Waals surface area contributed by atoms with Gasteiger partial charge in [0.2, 0.25) is 0 Å². The fourth-order valence-electron chi connectivity index (χ4n) is 1.05. The zero-order valence-electron chi connectivity index (χ0n) is 9.08. The van der Waals surface area contributed by atoms with Gasteiger partial charge in [0.05, 0.1) is 12.4 Å². The second kappa shape index (κ2) is 5.15. The SMILES string of the molecule is CCc1ccc(CN=C(N)C(C)C)s1. The van der Waals surface area contributed by atoms with Crippen LogP contribution in [-0.4, -0.2) is 5.84 Å². The highest BCUT2D eigenvalue weighted by molar-refractivity contribution is 7.11. The summed E-state index contributed by atoms with van der Waals surface area (Å²) < 4.78 is 0. The van der Waals surface area contributed by atoms with E-state index >= 15 is 0 Å². The van der Waals surface area contributed by atoms with Gasteiger partial charge >= 0.3 is 0 Å². The predicted molar refractivity (Wildman–Crippen MR) is 63.9 cm³/mol. The van der Waals surface area contributed by atoms with Crippen molar-refractivity contribution in [1.82, 2.24) is 0 Å². The molecule has 1 aromatic rings. The summed E-state index contributed by atoms with van der Waals surface area (Å²) in [5.74, 6) is 1.09. The second-order valence-corrected chi connectivity index (χ2v) is 4.87. The molecule has 1 rings (SSSR count). The topological polar surface area (TPSA) is 38.4 Å². The third-order valence-corrected chi connectivity index (χ3v) is 3.29. The van der Waals surface area contributed by atoms with Crippen LogP contribution in [-0.2, 0) is 13.0 Å². The normalized spacial score (nSPS) is 12.4. The Bertz CT molecular complexity index is 313. The first-order chi connectivity index (χ1) is 6.63. The van der Waals surface area contributed by atoms with Gasteiger partial charge < -0.3 is 5.73 Å². The quantitative estimate of drug-likeness (QED) is 0.602. The lowest BCUT2D eigenvalue weighted by Gasteiger charge is -2.02. The lowest BCUT2D eigenvalue weighted by atomic mass is 10.2. The minimum Gasteiger partial charge on any atom is -0.387 e. The Labute approximate surface area is 89.9 Å². The lowest BCUT2D eigenvalue weighted by Crippen LogP contribution is -2.18. The fourth-order valence-corrected chi connectivity index (χ4v) is 1.93. The minimum atomic E-state index is 0.348. The van der Waals surface area contributed by atoms with Crippen LogP contribution in [0.5, 0.6) is 0 Å². The molecule has 2 nitrogen and oxygen atoms in total. The summed E-state index contributed by atoms with van der Waals surface area (Å²) >= 11 is 1.82. The Morgan fingerprint density at radius 1 is 1.43 bits per heavy atom. The van der Waals surface area contributed by atoms with Gasteiger partial charge in [0, 0.05) is 15.7 Å². The molecule has 14 heavy (non-hydrogen) atoms. The van der Waals surface area contributed by atoms with E-state index in [1.165, 1.54) is 9.75 Å². The van der Waals surface area contributed by atoms with E-state index in [0.29, 0.717) is 5.92 Å². The fraction of sp³-hybridized carbons (Fsp3) is 0.545. The molecule has 0 radical (unpaired) electrons. The van der Waals surface area contributed by atoms with Gasteiger partial charge in [-0.05, 0) is 18.6 Å². The number of hydrogen-bond acceptors (Lipinski definition) is 2. The lowest BCUT2D eigenvalue weighted by molar-refractivity contribution is 0.857. The molecule has 2 N–H and O–H groups in total. The number of aliphatic imine (C=N–C) groups is 1. The van der Waals surface area contributed by atoms with Crippen LogP contribution in [0.3, 0.4) is 0 Å². The highest BCUT2D eigenvalue weighted by Gasteiger charge is 2.00. The van der Waals surface area contributed by atoms with E-state index in [0.717, 1.165) is 18.8 Å². The van der Waals surface area contributed by atoms with Crippen LogP contribution in [0.15, 0.2) is 17.1 Å². The van der Waals surface area contributed by atoms with E-state index in [1.54, 1.807) is 0 Å². The molecule has 0 spiro atoms. The maximum Gasteiger partial charge on any atom is 0.0967 e. The van der Waals surface area contributed by atoms with Gasteiger partial charge in [0.25, 0.3) is 0 Å². The second-order valence-electron chi connectivity index (χ2n) is 3.62. The van der Waals surface area contributed by atoms with E-state index < -0.39 is 0 Å². The van der Waals surface area contributed by atoms with Crippen LogP contribution in [0.25, 0.3) is 0 Å². The van der Waals surface area contributed by atoms with Crippen molar-refractivity contribution in [3.8, 4) is 0 Å². The molecule has 0 aliphatic rings. The average molecular weight is 210 g/mol. The Morgan fingerprint density at radius 3 is 2.57 bits per heavy atom. The van der Waals surface area contributed by atoms with Crippen LogP contribution < -0.4 is 5.73 Å². The molecule has 0 atom stereocenters. The molecular formula is C11H18N2S.